The lowest BCUT2D eigenvalue weighted by Gasteiger charge is -2.24. The molecule has 1 aliphatic heterocycles. The first kappa shape index (κ1) is 11.4. The van der Waals surface area contributed by atoms with Crippen LogP contribution in [0.1, 0.15) is 22.9 Å². The number of fused-ring (bicyclic) bond motifs is 2. The Kier molecular flexibility index (Phi) is 2.47. The Morgan fingerprint density at radius 1 is 1.10 bits per heavy atom. The summed E-state index contributed by atoms with van der Waals surface area (Å²) in [7, 11) is 0. The van der Waals surface area contributed by atoms with Crippen LogP contribution in [0.2, 0.25) is 0 Å². The molecule has 4 rings (SSSR count). The second-order valence-electron chi connectivity index (χ2n) is 5.11. The fourth-order valence-electron chi connectivity index (χ4n) is 2.83. The molecule has 3 heterocycles. The van der Waals surface area contributed by atoms with E-state index < -0.39 is 0 Å². The number of aromatic nitrogens is 3. The number of hydrogen-bond acceptors (Lipinski definition) is 4. The molecule has 100 valence electrons. The van der Waals surface area contributed by atoms with E-state index in [1.165, 1.54) is 11.1 Å². The van der Waals surface area contributed by atoms with Crippen LogP contribution in [0.25, 0.3) is 11.2 Å². The van der Waals surface area contributed by atoms with Crippen molar-refractivity contribution in [3.05, 3.63) is 53.3 Å². The van der Waals surface area contributed by atoms with Crippen molar-refractivity contribution in [2.45, 2.75) is 12.5 Å². The zero-order valence-corrected chi connectivity index (χ0v) is 10.9. The van der Waals surface area contributed by atoms with Crippen LogP contribution in [0.15, 0.2) is 36.4 Å². The number of hydrogen-bond donors (Lipinski definition) is 3. The average Bonchev–Trinajstić information content (AvgIpc) is 2.89. The van der Waals surface area contributed by atoms with Gasteiger partial charge in [-0.3, -0.25) is 0 Å². The second kappa shape index (κ2) is 4.31. The van der Waals surface area contributed by atoms with Crippen LogP contribution in [0.5, 0.6) is 0 Å². The van der Waals surface area contributed by atoms with Crippen LogP contribution in [0.4, 0.5) is 5.82 Å². The van der Waals surface area contributed by atoms with Crippen molar-refractivity contribution >= 4 is 17.0 Å². The molecule has 5 heteroatoms. The normalized spacial score (nSPS) is 18.1. The van der Waals surface area contributed by atoms with Crippen molar-refractivity contribution in [2.24, 2.45) is 0 Å². The number of imidazole rings is 1. The fourth-order valence-corrected chi connectivity index (χ4v) is 2.83. The molecule has 1 aliphatic rings. The van der Waals surface area contributed by atoms with Crippen molar-refractivity contribution in [3.8, 4) is 0 Å². The molecule has 2 aromatic heterocycles. The van der Waals surface area contributed by atoms with E-state index in [1.54, 1.807) is 6.07 Å². The zero-order chi connectivity index (χ0) is 13.5. The van der Waals surface area contributed by atoms with Gasteiger partial charge in [-0.2, -0.15) is 0 Å². The summed E-state index contributed by atoms with van der Waals surface area (Å²) in [5.74, 6) is 1.67. The van der Waals surface area contributed by atoms with Gasteiger partial charge in [-0.1, -0.05) is 24.3 Å². The minimum Gasteiger partial charge on any atom is -0.384 e. The molecule has 1 atom stereocenters. The second-order valence-corrected chi connectivity index (χ2v) is 5.11. The van der Waals surface area contributed by atoms with Gasteiger partial charge in [-0.15, -0.1) is 0 Å². The third-order valence-electron chi connectivity index (χ3n) is 3.81. The van der Waals surface area contributed by atoms with Gasteiger partial charge in [0.1, 0.15) is 11.6 Å². The summed E-state index contributed by atoms with van der Waals surface area (Å²) in [6, 6.07) is 12.2. The topological polar surface area (TPSA) is 79.6 Å². The number of benzene rings is 1. The molecule has 0 bridgehead atoms. The fraction of sp³-hybridized carbons (Fsp3) is 0.200. The number of aromatic amines is 1. The van der Waals surface area contributed by atoms with Crippen LogP contribution >= 0.6 is 0 Å². The molecule has 0 fully saturated rings. The minimum absolute atomic E-state index is 0.232. The highest BCUT2D eigenvalue weighted by Crippen LogP contribution is 2.29. The number of nitrogens with two attached hydrogens (primary N) is 1. The summed E-state index contributed by atoms with van der Waals surface area (Å²) >= 11 is 0. The van der Waals surface area contributed by atoms with E-state index in [0.29, 0.717) is 11.5 Å². The van der Waals surface area contributed by atoms with Crippen LogP contribution in [0, 0.1) is 0 Å². The van der Waals surface area contributed by atoms with E-state index in [4.69, 9.17) is 5.73 Å². The quantitative estimate of drug-likeness (QED) is 0.626. The van der Waals surface area contributed by atoms with Crippen LogP contribution in [-0.2, 0) is 6.54 Å². The highest BCUT2D eigenvalue weighted by molar-refractivity contribution is 5.72. The number of nitrogen functional groups attached to an aromatic ring is 1. The predicted octanol–water partition coefficient (Wildman–Crippen LogP) is 1.78. The summed E-state index contributed by atoms with van der Waals surface area (Å²) in [4.78, 5) is 12.2. The van der Waals surface area contributed by atoms with Crippen LogP contribution in [0.3, 0.4) is 0 Å². The molecular formula is C15H15N5. The van der Waals surface area contributed by atoms with Crippen molar-refractivity contribution in [1.29, 1.82) is 0 Å². The van der Waals surface area contributed by atoms with Crippen molar-refractivity contribution in [3.63, 3.8) is 0 Å². The van der Waals surface area contributed by atoms with Crippen LogP contribution in [-0.4, -0.2) is 21.5 Å². The first-order valence-electron chi connectivity index (χ1n) is 6.72. The summed E-state index contributed by atoms with van der Waals surface area (Å²) in [6.07, 6.45) is 0. The predicted molar refractivity (Wildman–Crippen MR) is 78.3 cm³/mol. The van der Waals surface area contributed by atoms with Gasteiger partial charge >= 0.3 is 0 Å². The molecule has 20 heavy (non-hydrogen) atoms. The molecule has 4 N–H and O–H groups in total. The maximum Gasteiger partial charge on any atom is 0.179 e. The number of nitrogens with zero attached hydrogens (tertiary/aromatic N) is 2. The molecule has 0 amide bonds. The molecular weight excluding hydrogens is 250 g/mol. The van der Waals surface area contributed by atoms with Gasteiger partial charge in [0.2, 0.25) is 0 Å². The number of H-pyrrole nitrogens is 1. The Morgan fingerprint density at radius 2 is 2.00 bits per heavy atom. The Labute approximate surface area is 116 Å². The first-order chi connectivity index (χ1) is 9.81. The molecule has 0 radical (unpaired) electrons. The van der Waals surface area contributed by atoms with Gasteiger partial charge in [0, 0.05) is 13.1 Å². The van der Waals surface area contributed by atoms with E-state index in [-0.39, 0.29) is 5.92 Å². The molecule has 0 aliphatic carbocycles. The van der Waals surface area contributed by atoms with Gasteiger partial charge in [-0.05, 0) is 23.3 Å². The Balaban J connectivity index is 1.84. The number of anilines is 1. The molecule has 3 aromatic rings. The van der Waals surface area contributed by atoms with Gasteiger partial charge in [0.25, 0.3) is 0 Å². The standard InChI is InChI=1S/C15H15N5/c16-13-6-5-12-15(19-13)20-14(18-12)11-8-17-7-9-3-1-2-4-10(9)11/h1-6,11,17H,7-8H2,(H3,16,18,19,20). The highest BCUT2D eigenvalue weighted by Gasteiger charge is 2.24. The average molecular weight is 265 g/mol. The van der Waals surface area contributed by atoms with Crippen LogP contribution < -0.4 is 11.1 Å². The highest BCUT2D eigenvalue weighted by atomic mass is 15.0. The molecule has 0 saturated carbocycles. The summed E-state index contributed by atoms with van der Waals surface area (Å²) < 4.78 is 0. The van der Waals surface area contributed by atoms with Crippen molar-refractivity contribution < 1.29 is 0 Å². The van der Waals surface area contributed by atoms with Gasteiger partial charge in [-0.25, -0.2) is 9.97 Å². The lowest BCUT2D eigenvalue weighted by Crippen LogP contribution is -2.29. The molecule has 0 spiro atoms. The third kappa shape index (κ3) is 1.75. The first-order valence-corrected chi connectivity index (χ1v) is 6.72. The maximum absolute atomic E-state index is 5.71. The maximum atomic E-state index is 5.71. The largest absolute Gasteiger partial charge is 0.384 e. The van der Waals surface area contributed by atoms with Gasteiger partial charge in [0.05, 0.1) is 11.4 Å². The monoisotopic (exact) mass is 265 g/mol. The Bertz CT molecular complexity index is 777. The van der Waals surface area contributed by atoms with E-state index in [0.717, 1.165) is 24.4 Å². The van der Waals surface area contributed by atoms with E-state index in [1.807, 2.05) is 6.07 Å². The lowest BCUT2D eigenvalue weighted by atomic mass is 9.90. The van der Waals surface area contributed by atoms with Crippen molar-refractivity contribution in [1.82, 2.24) is 20.3 Å². The van der Waals surface area contributed by atoms with Gasteiger partial charge in [0.15, 0.2) is 5.65 Å². The molecule has 1 unspecified atom stereocenters. The molecule has 1 aromatic carbocycles. The van der Waals surface area contributed by atoms with Gasteiger partial charge < -0.3 is 16.0 Å². The lowest BCUT2D eigenvalue weighted by molar-refractivity contribution is 0.576. The minimum atomic E-state index is 0.232. The third-order valence-corrected chi connectivity index (χ3v) is 3.81. The molecule has 0 saturated heterocycles. The summed E-state index contributed by atoms with van der Waals surface area (Å²) in [6.45, 7) is 1.80. The van der Waals surface area contributed by atoms with Crippen molar-refractivity contribution in [2.75, 3.05) is 12.3 Å². The Hall–Kier alpha value is -2.40. The van der Waals surface area contributed by atoms with E-state index in [2.05, 4.69) is 44.5 Å². The van der Waals surface area contributed by atoms with E-state index in [9.17, 15) is 0 Å². The smallest absolute Gasteiger partial charge is 0.179 e. The zero-order valence-electron chi connectivity index (χ0n) is 10.9. The number of rotatable bonds is 1. The SMILES string of the molecule is Nc1ccc2[nH]c(C3CNCc4ccccc43)nc2n1. The molecule has 5 nitrogen and oxygen atoms in total. The number of nitrogens with one attached hydrogen (secondary N) is 2. The number of pyridine rings is 1. The summed E-state index contributed by atoms with van der Waals surface area (Å²) in [5.41, 5.74) is 9.98. The summed E-state index contributed by atoms with van der Waals surface area (Å²) in [5, 5.41) is 3.44. The Morgan fingerprint density at radius 3 is 2.95 bits per heavy atom. The van der Waals surface area contributed by atoms with E-state index >= 15 is 0 Å².